The number of fused-ring (bicyclic) bond motifs is 1. The minimum absolute atomic E-state index is 0.521. The second kappa shape index (κ2) is 5.56. The molecule has 2 aromatic rings. The van der Waals surface area contributed by atoms with Gasteiger partial charge in [0.05, 0.1) is 17.3 Å². The summed E-state index contributed by atoms with van der Waals surface area (Å²) in [6, 6.07) is 0. The predicted molar refractivity (Wildman–Crippen MR) is 76.3 cm³/mol. The van der Waals surface area contributed by atoms with Crippen molar-refractivity contribution in [2.75, 3.05) is 11.5 Å². The summed E-state index contributed by atoms with van der Waals surface area (Å²) in [5.41, 5.74) is 6.72. The Hall–Kier alpha value is -1.30. The Labute approximate surface area is 111 Å². The van der Waals surface area contributed by atoms with Crippen LogP contribution >= 0.6 is 11.8 Å². The van der Waals surface area contributed by atoms with Crippen LogP contribution in [0.5, 0.6) is 0 Å². The fourth-order valence-electron chi connectivity index (χ4n) is 1.62. The smallest absolute Gasteiger partial charge is 0.163 e. The third kappa shape index (κ3) is 2.75. The summed E-state index contributed by atoms with van der Waals surface area (Å²) in [6.07, 6.45) is 2.91. The number of nitrogens with two attached hydrogens (primary N) is 1. The maximum atomic E-state index is 5.91. The van der Waals surface area contributed by atoms with E-state index in [4.69, 9.17) is 5.73 Å². The zero-order chi connectivity index (χ0) is 13.1. The van der Waals surface area contributed by atoms with E-state index in [1.165, 1.54) is 6.42 Å². The minimum Gasteiger partial charge on any atom is -0.383 e. The molecule has 2 rings (SSSR count). The molecule has 0 aliphatic rings. The summed E-state index contributed by atoms with van der Waals surface area (Å²) in [6.45, 7) is 4.47. The number of hydrogen-bond acceptors (Lipinski definition) is 5. The second-order valence-corrected chi connectivity index (χ2v) is 5.59. The van der Waals surface area contributed by atoms with Gasteiger partial charge < -0.3 is 5.73 Å². The van der Waals surface area contributed by atoms with Crippen molar-refractivity contribution in [3.05, 3.63) is 12.0 Å². The highest BCUT2D eigenvalue weighted by molar-refractivity contribution is 7.98. The van der Waals surface area contributed by atoms with E-state index in [0.29, 0.717) is 5.82 Å². The molecule has 0 saturated carbocycles. The number of nitrogen functional groups attached to an aromatic ring is 1. The van der Waals surface area contributed by atoms with Crippen LogP contribution in [0.2, 0.25) is 0 Å². The lowest BCUT2D eigenvalue weighted by molar-refractivity contribution is 0.636. The number of nitrogens with zero attached hydrogens (tertiary/aromatic N) is 4. The van der Waals surface area contributed by atoms with E-state index in [2.05, 4.69) is 28.9 Å². The molecule has 0 aliphatic heterocycles. The average Bonchev–Trinajstić information content (AvgIpc) is 2.72. The largest absolute Gasteiger partial charge is 0.383 e. The highest BCUT2D eigenvalue weighted by Gasteiger charge is 2.09. The van der Waals surface area contributed by atoms with Gasteiger partial charge in [-0.1, -0.05) is 20.3 Å². The molecule has 2 aromatic heterocycles. The molecular formula is C12H19N5S. The number of aromatic nitrogens is 4. The van der Waals surface area contributed by atoms with Crippen LogP contribution in [-0.4, -0.2) is 25.5 Å². The molecule has 1 atom stereocenters. The quantitative estimate of drug-likeness (QED) is 0.897. The Morgan fingerprint density at radius 1 is 1.44 bits per heavy atom. The maximum absolute atomic E-state index is 5.91. The number of hydrogen-bond donors (Lipinski definition) is 1. The van der Waals surface area contributed by atoms with Crippen LogP contribution in [0.4, 0.5) is 5.82 Å². The Bertz CT molecular complexity index is 536. The molecule has 0 fully saturated rings. The van der Waals surface area contributed by atoms with Gasteiger partial charge in [-0.05, 0) is 11.7 Å². The Morgan fingerprint density at radius 3 is 2.94 bits per heavy atom. The van der Waals surface area contributed by atoms with Crippen molar-refractivity contribution in [2.45, 2.75) is 26.0 Å². The van der Waals surface area contributed by atoms with Gasteiger partial charge in [-0.2, -0.15) is 16.9 Å². The van der Waals surface area contributed by atoms with Crippen LogP contribution in [0.15, 0.2) is 6.20 Å². The first-order chi connectivity index (χ1) is 8.61. The molecule has 0 radical (unpaired) electrons. The zero-order valence-electron chi connectivity index (χ0n) is 11.1. The van der Waals surface area contributed by atoms with Gasteiger partial charge in [0, 0.05) is 7.05 Å². The van der Waals surface area contributed by atoms with Crippen LogP contribution < -0.4 is 5.73 Å². The van der Waals surface area contributed by atoms with Crippen molar-refractivity contribution in [1.82, 2.24) is 19.7 Å². The van der Waals surface area contributed by atoms with Crippen LogP contribution in [0.25, 0.3) is 11.0 Å². The maximum Gasteiger partial charge on any atom is 0.163 e. The Morgan fingerprint density at radius 2 is 2.22 bits per heavy atom. The molecule has 0 aromatic carbocycles. The molecule has 2 N–H and O–H groups in total. The van der Waals surface area contributed by atoms with Crippen molar-refractivity contribution in [1.29, 1.82) is 0 Å². The molecule has 0 amide bonds. The third-order valence-corrected chi connectivity index (χ3v) is 4.27. The van der Waals surface area contributed by atoms with E-state index in [1.54, 1.807) is 10.9 Å². The number of anilines is 1. The van der Waals surface area contributed by atoms with Crippen molar-refractivity contribution >= 4 is 28.6 Å². The number of aryl methyl sites for hydroxylation is 1. The fourth-order valence-corrected chi connectivity index (χ4v) is 2.69. The van der Waals surface area contributed by atoms with Crippen molar-refractivity contribution < 1.29 is 0 Å². The summed E-state index contributed by atoms with van der Waals surface area (Å²) in [7, 11) is 1.87. The van der Waals surface area contributed by atoms with E-state index >= 15 is 0 Å². The summed E-state index contributed by atoms with van der Waals surface area (Å²) in [4.78, 5) is 8.84. The molecule has 18 heavy (non-hydrogen) atoms. The molecule has 2 heterocycles. The standard InChI is InChI=1S/C12H19N5S/c1-4-8(2)6-18-7-10-15-11(13)9-5-14-17(3)12(9)16-10/h5,8H,4,6-7H2,1-3H3,(H2,13,15,16). The van der Waals surface area contributed by atoms with Crippen LogP contribution in [0.1, 0.15) is 26.1 Å². The van der Waals surface area contributed by atoms with Gasteiger partial charge in [-0.25, -0.2) is 9.97 Å². The molecular weight excluding hydrogens is 246 g/mol. The SMILES string of the molecule is CCC(C)CSCc1nc(N)c2cnn(C)c2n1. The lowest BCUT2D eigenvalue weighted by Gasteiger charge is -2.07. The molecule has 6 heteroatoms. The Kier molecular flexibility index (Phi) is 4.06. The second-order valence-electron chi connectivity index (χ2n) is 4.56. The highest BCUT2D eigenvalue weighted by Crippen LogP contribution is 2.20. The lowest BCUT2D eigenvalue weighted by atomic mass is 10.2. The van der Waals surface area contributed by atoms with Crippen LogP contribution in [0.3, 0.4) is 0 Å². The van der Waals surface area contributed by atoms with Gasteiger partial charge in [0.1, 0.15) is 11.6 Å². The number of thioether (sulfide) groups is 1. The highest BCUT2D eigenvalue weighted by atomic mass is 32.2. The molecule has 0 spiro atoms. The lowest BCUT2D eigenvalue weighted by Crippen LogP contribution is -2.03. The predicted octanol–water partition coefficient (Wildman–Crippen LogP) is 2.22. The Balaban J connectivity index is 2.11. The van der Waals surface area contributed by atoms with E-state index in [9.17, 15) is 0 Å². The normalized spacial score (nSPS) is 13.1. The number of rotatable bonds is 5. The minimum atomic E-state index is 0.521. The van der Waals surface area contributed by atoms with Gasteiger partial charge in [0.15, 0.2) is 5.65 Å². The zero-order valence-corrected chi connectivity index (χ0v) is 11.9. The van der Waals surface area contributed by atoms with E-state index in [1.807, 2.05) is 18.8 Å². The monoisotopic (exact) mass is 265 g/mol. The topological polar surface area (TPSA) is 69.6 Å². The van der Waals surface area contributed by atoms with Gasteiger partial charge in [-0.15, -0.1) is 0 Å². The van der Waals surface area contributed by atoms with Gasteiger partial charge in [0.25, 0.3) is 0 Å². The van der Waals surface area contributed by atoms with Gasteiger partial charge >= 0.3 is 0 Å². The van der Waals surface area contributed by atoms with Gasteiger partial charge in [0.2, 0.25) is 0 Å². The van der Waals surface area contributed by atoms with Crippen LogP contribution in [-0.2, 0) is 12.8 Å². The summed E-state index contributed by atoms with van der Waals surface area (Å²) >= 11 is 1.85. The van der Waals surface area contributed by atoms with E-state index < -0.39 is 0 Å². The molecule has 0 aliphatic carbocycles. The summed E-state index contributed by atoms with van der Waals surface area (Å²) < 4.78 is 1.73. The molecule has 0 bridgehead atoms. The average molecular weight is 265 g/mol. The first kappa shape index (κ1) is 13.1. The van der Waals surface area contributed by atoms with E-state index in [0.717, 1.165) is 34.3 Å². The van der Waals surface area contributed by atoms with Gasteiger partial charge in [-0.3, -0.25) is 4.68 Å². The molecule has 5 nitrogen and oxygen atoms in total. The van der Waals surface area contributed by atoms with E-state index in [-0.39, 0.29) is 0 Å². The summed E-state index contributed by atoms with van der Waals surface area (Å²) in [5.74, 6) is 3.97. The third-order valence-electron chi connectivity index (χ3n) is 3.00. The fraction of sp³-hybridized carbons (Fsp3) is 0.583. The van der Waals surface area contributed by atoms with Crippen molar-refractivity contribution in [3.8, 4) is 0 Å². The molecule has 0 saturated heterocycles. The first-order valence-corrected chi connectivity index (χ1v) is 7.29. The first-order valence-electron chi connectivity index (χ1n) is 6.13. The van der Waals surface area contributed by atoms with Crippen LogP contribution in [0, 0.1) is 5.92 Å². The summed E-state index contributed by atoms with van der Waals surface area (Å²) in [5, 5.41) is 4.97. The van der Waals surface area contributed by atoms with Crippen molar-refractivity contribution in [2.24, 2.45) is 13.0 Å². The van der Waals surface area contributed by atoms with Crippen molar-refractivity contribution in [3.63, 3.8) is 0 Å². The molecule has 1 unspecified atom stereocenters. The molecule has 98 valence electrons.